The minimum absolute atomic E-state index is 0.0318. The van der Waals surface area contributed by atoms with Crippen LogP contribution in [0.15, 0.2) is 42.5 Å². The predicted octanol–water partition coefficient (Wildman–Crippen LogP) is 5.33. The summed E-state index contributed by atoms with van der Waals surface area (Å²) in [4.78, 5) is 29.3. The van der Waals surface area contributed by atoms with Crippen LogP contribution in [-0.4, -0.2) is 53.1 Å². The lowest BCUT2D eigenvalue weighted by Gasteiger charge is -2.36. The van der Waals surface area contributed by atoms with Crippen molar-refractivity contribution in [3.05, 3.63) is 75.1 Å². The van der Waals surface area contributed by atoms with Gasteiger partial charge in [0.05, 0.1) is 23.2 Å². The van der Waals surface area contributed by atoms with Crippen LogP contribution in [0.4, 0.5) is 21.6 Å². The standard InChI is InChI=1S/C27H27Cl2FN6O2/c1-16(24-19(28)8-9-20(30)25(24)29)36-13-10-31-26-22(36)15-21(33-34-26)27(38)32-18-6-4-17(5-7-18)14-23(37)35-11-2-3-12-35/h4-9,15-16H,2-3,10-14H2,1H3,(H,31,34)(H,32,38). The van der Waals surface area contributed by atoms with Crippen molar-refractivity contribution in [2.75, 3.05) is 41.7 Å². The molecule has 1 aromatic heterocycles. The number of benzene rings is 2. The molecule has 2 aromatic carbocycles. The fourth-order valence-corrected chi connectivity index (χ4v) is 5.58. The quantitative estimate of drug-likeness (QED) is 0.398. The maximum Gasteiger partial charge on any atom is 0.276 e. The topological polar surface area (TPSA) is 90.5 Å². The number of carbonyl (C=O) groups is 2. The third kappa shape index (κ3) is 5.39. The molecule has 2 N–H and O–H groups in total. The van der Waals surface area contributed by atoms with Crippen molar-refractivity contribution in [1.82, 2.24) is 15.1 Å². The van der Waals surface area contributed by atoms with Gasteiger partial charge in [-0.2, -0.15) is 0 Å². The van der Waals surface area contributed by atoms with E-state index in [1.807, 2.05) is 28.9 Å². The number of likely N-dealkylation sites (tertiary alicyclic amines) is 1. The Morgan fingerprint density at radius 3 is 2.55 bits per heavy atom. The molecule has 1 fully saturated rings. The molecule has 1 atom stereocenters. The van der Waals surface area contributed by atoms with Gasteiger partial charge < -0.3 is 20.4 Å². The summed E-state index contributed by atoms with van der Waals surface area (Å²) in [6, 6.07) is 11.2. The third-order valence-corrected chi connectivity index (χ3v) is 7.67. The van der Waals surface area contributed by atoms with E-state index in [4.69, 9.17) is 23.2 Å². The zero-order valence-corrected chi connectivity index (χ0v) is 22.3. The van der Waals surface area contributed by atoms with Gasteiger partial charge in [-0.25, -0.2) is 4.39 Å². The fourth-order valence-electron chi connectivity index (χ4n) is 4.89. The Bertz CT molecular complexity index is 1360. The predicted molar refractivity (Wildman–Crippen MR) is 147 cm³/mol. The number of amides is 2. The largest absolute Gasteiger partial charge is 0.365 e. The van der Waals surface area contributed by atoms with E-state index >= 15 is 0 Å². The lowest BCUT2D eigenvalue weighted by atomic mass is 10.0. The van der Waals surface area contributed by atoms with Crippen molar-refractivity contribution in [1.29, 1.82) is 0 Å². The second-order valence-electron chi connectivity index (χ2n) is 9.43. The molecule has 198 valence electrons. The minimum atomic E-state index is -0.548. The SMILES string of the molecule is CC(c1c(Cl)ccc(F)c1Cl)N1CCNc2nnc(C(=O)Nc3ccc(CC(=O)N4CCCC4)cc3)cc21. The van der Waals surface area contributed by atoms with Crippen molar-refractivity contribution in [2.45, 2.75) is 32.2 Å². The molecule has 5 rings (SSSR count). The van der Waals surface area contributed by atoms with Crippen LogP contribution >= 0.6 is 23.2 Å². The lowest BCUT2D eigenvalue weighted by Crippen LogP contribution is -2.37. The van der Waals surface area contributed by atoms with Gasteiger partial charge >= 0.3 is 0 Å². The van der Waals surface area contributed by atoms with E-state index in [9.17, 15) is 14.0 Å². The molecule has 0 radical (unpaired) electrons. The molecule has 2 aliphatic heterocycles. The lowest BCUT2D eigenvalue weighted by molar-refractivity contribution is -0.129. The normalized spacial score (nSPS) is 15.6. The van der Waals surface area contributed by atoms with Crippen LogP contribution < -0.4 is 15.5 Å². The van der Waals surface area contributed by atoms with Gasteiger partial charge in [-0.05, 0) is 55.7 Å². The van der Waals surface area contributed by atoms with Crippen molar-refractivity contribution >= 4 is 52.2 Å². The average molecular weight is 557 g/mol. The molecule has 0 saturated carbocycles. The van der Waals surface area contributed by atoms with Crippen LogP contribution in [0.25, 0.3) is 0 Å². The zero-order chi connectivity index (χ0) is 26.8. The summed E-state index contributed by atoms with van der Waals surface area (Å²) in [5.74, 6) is -0.346. The Morgan fingerprint density at radius 1 is 1.08 bits per heavy atom. The Kier molecular flexibility index (Phi) is 7.67. The van der Waals surface area contributed by atoms with Crippen molar-refractivity contribution in [3.8, 4) is 0 Å². The Labute approximate surface area is 230 Å². The maximum atomic E-state index is 14.2. The van der Waals surface area contributed by atoms with Gasteiger partial charge in [0.2, 0.25) is 5.91 Å². The molecule has 0 bridgehead atoms. The van der Waals surface area contributed by atoms with E-state index in [-0.39, 0.29) is 22.7 Å². The van der Waals surface area contributed by atoms with Crippen LogP contribution in [0.1, 0.15) is 47.4 Å². The smallest absolute Gasteiger partial charge is 0.276 e. The molecule has 1 unspecified atom stereocenters. The maximum absolute atomic E-state index is 14.2. The van der Waals surface area contributed by atoms with E-state index in [1.54, 1.807) is 18.2 Å². The van der Waals surface area contributed by atoms with Crippen molar-refractivity contribution in [2.24, 2.45) is 0 Å². The number of hydrogen-bond acceptors (Lipinski definition) is 6. The molecule has 3 aromatic rings. The molecular weight excluding hydrogens is 530 g/mol. The van der Waals surface area contributed by atoms with Gasteiger partial charge in [0.25, 0.3) is 5.91 Å². The molecule has 38 heavy (non-hydrogen) atoms. The molecule has 2 amide bonds. The number of hydrogen-bond donors (Lipinski definition) is 2. The minimum Gasteiger partial charge on any atom is -0.365 e. The van der Waals surface area contributed by atoms with Gasteiger partial charge in [-0.3, -0.25) is 9.59 Å². The first-order valence-corrected chi connectivity index (χ1v) is 13.3. The van der Waals surface area contributed by atoms with E-state index in [2.05, 4.69) is 20.8 Å². The van der Waals surface area contributed by atoms with Crippen LogP contribution in [0.5, 0.6) is 0 Å². The molecular formula is C27H27Cl2FN6O2. The van der Waals surface area contributed by atoms with Crippen LogP contribution in [0.3, 0.4) is 0 Å². The van der Waals surface area contributed by atoms with E-state index in [0.29, 0.717) is 47.3 Å². The highest BCUT2D eigenvalue weighted by atomic mass is 35.5. The molecule has 2 aliphatic rings. The van der Waals surface area contributed by atoms with Gasteiger partial charge in [0.15, 0.2) is 11.5 Å². The summed E-state index contributed by atoms with van der Waals surface area (Å²) in [6.07, 6.45) is 2.45. The summed E-state index contributed by atoms with van der Waals surface area (Å²) < 4.78 is 14.2. The summed E-state index contributed by atoms with van der Waals surface area (Å²) in [6.45, 7) is 4.65. The highest BCUT2D eigenvalue weighted by Gasteiger charge is 2.29. The Hall–Kier alpha value is -3.43. The first-order valence-electron chi connectivity index (χ1n) is 12.5. The molecule has 8 nitrogen and oxygen atoms in total. The monoisotopic (exact) mass is 556 g/mol. The Morgan fingerprint density at radius 2 is 1.82 bits per heavy atom. The number of aromatic nitrogens is 2. The van der Waals surface area contributed by atoms with Gasteiger partial charge in [-0.15, -0.1) is 10.2 Å². The molecule has 3 heterocycles. The summed E-state index contributed by atoms with van der Waals surface area (Å²) in [5, 5.41) is 14.6. The molecule has 0 aliphatic carbocycles. The zero-order valence-electron chi connectivity index (χ0n) is 20.8. The third-order valence-electron chi connectivity index (χ3n) is 6.95. The van der Waals surface area contributed by atoms with Crippen LogP contribution in [0.2, 0.25) is 10.0 Å². The number of nitrogens with one attached hydrogen (secondary N) is 2. The average Bonchev–Trinajstić information content (AvgIpc) is 3.47. The first-order chi connectivity index (χ1) is 18.3. The summed E-state index contributed by atoms with van der Waals surface area (Å²) in [7, 11) is 0. The van der Waals surface area contributed by atoms with Crippen molar-refractivity contribution in [3.63, 3.8) is 0 Å². The van der Waals surface area contributed by atoms with E-state index in [1.165, 1.54) is 12.1 Å². The number of fused-ring (bicyclic) bond motifs is 1. The van der Waals surface area contributed by atoms with Crippen molar-refractivity contribution < 1.29 is 14.0 Å². The van der Waals surface area contributed by atoms with Gasteiger partial charge in [-0.1, -0.05) is 35.3 Å². The number of anilines is 3. The fraction of sp³-hybridized carbons (Fsp3) is 0.333. The molecule has 1 saturated heterocycles. The summed E-state index contributed by atoms with van der Waals surface area (Å²) >= 11 is 12.6. The number of carbonyl (C=O) groups excluding carboxylic acids is 2. The van der Waals surface area contributed by atoms with Gasteiger partial charge in [0, 0.05) is 42.5 Å². The van der Waals surface area contributed by atoms with Crippen LogP contribution in [-0.2, 0) is 11.2 Å². The number of halogens is 3. The number of nitrogens with zero attached hydrogens (tertiary/aromatic N) is 4. The highest BCUT2D eigenvalue weighted by molar-refractivity contribution is 6.36. The second-order valence-corrected chi connectivity index (χ2v) is 10.2. The highest BCUT2D eigenvalue weighted by Crippen LogP contribution is 2.40. The van der Waals surface area contributed by atoms with Gasteiger partial charge in [0.1, 0.15) is 5.82 Å². The number of rotatable bonds is 6. The van der Waals surface area contributed by atoms with E-state index in [0.717, 1.165) is 31.5 Å². The first kappa shape index (κ1) is 26.2. The molecule has 0 spiro atoms. The Balaban J connectivity index is 1.31. The molecule has 11 heteroatoms. The summed E-state index contributed by atoms with van der Waals surface area (Å²) in [5.41, 5.74) is 2.69. The van der Waals surface area contributed by atoms with E-state index < -0.39 is 11.7 Å². The second kappa shape index (κ2) is 11.1. The van der Waals surface area contributed by atoms with Crippen LogP contribution in [0, 0.1) is 5.82 Å².